The first kappa shape index (κ1) is 17.8. The van der Waals surface area contributed by atoms with Gasteiger partial charge < -0.3 is 10.1 Å². The minimum atomic E-state index is -4.86. The summed E-state index contributed by atoms with van der Waals surface area (Å²) in [4.78, 5) is 11.6. The Morgan fingerprint density at radius 2 is 1.91 bits per heavy atom. The summed E-state index contributed by atoms with van der Waals surface area (Å²) in [6, 6.07) is 1.31. The van der Waals surface area contributed by atoms with Gasteiger partial charge in [0.25, 0.3) is 0 Å². The molecule has 0 aliphatic heterocycles. The van der Waals surface area contributed by atoms with Gasteiger partial charge in [-0.05, 0) is 26.8 Å². The number of carbonyl (C=O) groups is 1. The number of hydrogen-bond acceptors (Lipinski definition) is 2. The van der Waals surface area contributed by atoms with Crippen molar-refractivity contribution in [3.63, 3.8) is 0 Å². The van der Waals surface area contributed by atoms with Crippen molar-refractivity contribution in [2.24, 2.45) is 0 Å². The van der Waals surface area contributed by atoms with Crippen molar-refractivity contribution in [2.75, 3.05) is 0 Å². The molecule has 0 aliphatic rings. The number of ether oxygens (including phenoxy) is 1. The van der Waals surface area contributed by atoms with Gasteiger partial charge in [0.2, 0.25) is 0 Å². The molecule has 0 saturated carbocycles. The van der Waals surface area contributed by atoms with E-state index in [0.29, 0.717) is 6.07 Å². The summed E-state index contributed by atoms with van der Waals surface area (Å²) in [6.45, 7) is 4.80. The van der Waals surface area contributed by atoms with Gasteiger partial charge >= 0.3 is 12.3 Å². The quantitative estimate of drug-likeness (QED) is 0.660. The minimum Gasteiger partial charge on any atom is -0.444 e. The minimum absolute atomic E-state index is 0.455. The molecule has 0 saturated heterocycles. The highest BCUT2D eigenvalue weighted by Gasteiger charge is 2.36. The van der Waals surface area contributed by atoms with Crippen molar-refractivity contribution >= 4 is 6.09 Å². The van der Waals surface area contributed by atoms with E-state index in [1.165, 1.54) is 0 Å². The maximum Gasteiger partial charge on any atom is 0.419 e. The number of benzene rings is 1. The lowest BCUT2D eigenvalue weighted by Crippen LogP contribution is -2.35. The molecule has 0 spiro atoms. The van der Waals surface area contributed by atoms with Gasteiger partial charge in [-0.1, -0.05) is 18.1 Å². The van der Waals surface area contributed by atoms with Gasteiger partial charge in [0.1, 0.15) is 17.5 Å². The van der Waals surface area contributed by atoms with E-state index in [2.05, 4.69) is 5.32 Å². The van der Waals surface area contributed by atoms with Gasteiger partial charge in [0, 0.05) is 5.56 Å². The molecule has 120 valence electrons. The number of nitrogens with one attached hydrogen (secondary N) is 1. The SMILES string of the molecule is C#C[C@@H](NC(=O)OC(C)(C)C)c1cccc(C(F)(F)F)c1F. The van der Waals surface area contributed by atoms with Crippen LogP contribution in [-0.2, 0) is 10.9 Å². The Bertz CT molecular complexity index is 597. The lowest BCUT2D eigenvalue weighted by atomic mass is 10.0. The van der Waals surface area contributed by atoms with Crippen LogP contribution in [0.3, 0.4) is 0 Å². The molecule has 0 aromatic heterocycles. The van der Waals surface area contributed by atoms with Crippen LogP contribution in [0.1, 0.15) is 37.9 Å². The molecular formula is C15H15F4NO2. The zero-order valence-corrected chi connectivity index (χ0v) is 12.2. The van der Waals surface area contributed by atoms with Gasteiger partial charge in [-0.15, -0.1) is 6.42 Å². The molecule has 1 atom stereocenters. The molecule has 1 rings (SSSR count). The number of carbonyl (C=O) groups excluding carboxylic acids is 1. The van der Waals surface area contributed by atoms with E-state index < -0.39 is 40.9 Å². The van der Waals surface area contributed by atoms with Crippen LogP contribution >= 0.6 is 0 Å². The second-order valence-corrected chi connectivity index (χ2v) is 5.45. The first-order valence-electron chi connectivity index (χ1n) is 6.27. The van der Waals surface area contributed by atoms with E-state index in [0.717, 1.165) is 12.1 Å². The van der Waals surface area contributed by atoms with Gasteiger partial charge in [-0.25, -0.2) is 9.18 Å². The van der Waals surface area contributed by atoms with Crippen LogP contribution in [0.2, 0.25) is 0 Å². The van der Waals surface area contributed by atoms with E-state index in [1.807, 2.05) is 5.92 Å². The van der Waals surface area contributed by atoms with Crippen LogP contribution in [0.15, 0.2) is 18.2 Å². The maximum atomic E-state index is 14.0. The Kier molecular flexibility index (Phi) is 5.07. The number of hydrogen-bond donors (Lipinski definition) is 1. The van der Waals surface area contributed by atoms with E-state index >= 15 is 0 Å². The molecule has 3 nitrogen and oxygen atoms in total. The summed E-state index contributed by atoms with van der Waals surface area (Å²) in [5, 5.41) is 2.15. The molecule has 0 unspecified atom stereocenters. The van der Waals surface area contributed by atoms with E-state index in [-0.39, 0.29) is 0 Å². The zero-order valence-electron chi connectivity index (χ0n) is 12.2. The van der Waals surface area contributed by atoms with Crippen molar-refractivity contribution in [3.05, 3.63) is 35.1 Å². The highest BCUT2D eigenvalue weighted by molar-refractivity contribution is 5.69. The average molecular weight is 317 g/mol. The fourth-order valence-electron chi connectivity index (χ4n) is 1.63. The summed E-state index contributed by atoms with van der Waals surface area (Å²) in [6.07, 6.45) is -0.631. The van der Waals surface area contributed by atoms with Crippen molar-refractivity contribution in [1.82, 2.24) is 5.32 Å². The summed E-state index contributed by atoms with van der Waals surface area (Å²) < 4.78 is 57.0. The molecule has 0 heterocycles. The fraction of sp³-hybridized carbons (Fsp3) is 0.400. The van der Waals surface area contributed by atoms with Crippen LogP contribution in [0.4, 0.5) is 22.4 Å². The standard InChI is InChI=1S/C15H15F4NO2/c1-5-11(20-13(21)22-14(2,3)4)9-7-6-8-10(12(9)16)15(17,18)19/h1,6-8,11H,2-4H3,(H,20,21)/t11-/m1/s1. The first-order valence-corrected chi connectivity index (χ1v) is 6.27. The van der Waals surface area contributed by atoms with E-state index in [4.69, 9.17) is 11.2 Å². The maximum absolute atomic E-state index is 14.0. The Morgan fingerprint density at radius 1 is 1.32 bits per heavy atom. The van der Waals surface area contributed by atoms with E-state index in [1.54, 1.807) is 20.8 Å². The fourth-order valence-corrected chi connectivity index (χ4v) is 1.63. The highest BCUT2D eigenvalue weighted by atomic mass is 19.4. The van der Waals surface area contributed by atoms with Gasteiger partial charge in [0.15, 0.2) is 0 Å². The molecule has 0 fully saturated rings. The molecular weight excluding hydrogens is 302 g/mol. The van der Waals surface area contributed by atoms with Gasteiger partial charge in [-0.2, -0.15) is 13.2 Å². The predicted molar refractivity (Wildman–Crippen MR) is 72.3 cm³/mol. The van der Waals surface area contributed by atoms with Crippen LogP contribution in [0.25, 0.3) is 0 Å². The summed E-state index contributed by atoms with van der Waals surface area (Å²) in [5.41, 5.74) is -2.73. The van der Waals surface area contributed by atoms with E-state index in [9.17, 15) is 22.4 Å². The molecule has 22 heavy (non-hydrogen) atoms. The number of terminal acetylenes is 1. The lowest BCUT2D eigenvalue weighted by molar-refractivity contribution is -0.140. The Hall–Kier alpha value is -2.23. The molecule has 1 aromatic carbocycles. The van der Waals surface area contributed by atoms with Crippen LogP contribution < -0.4 is 5.32 Å². The summed E-state index contributed by atoms with van der Waals surface area (Å²) >= 11 is 0. The second kappa shape index (κ2) is 6.26. The number of rotatable bonds is 2. The van der Waals surface area contributed by atoms with Gasteiger partial charge in [-0.3, -0.25) is 0 Å². The van der Waals surface area contributed by atoms with Crippen molar-refractivity contribution in [1.29, 1.82) is 0 Å². The molecule has 1 amide bonds. The van der Waals surface area contributed by atoms with Crippen molar-refractivity contribution in [3.8, 4) is 12.3 Å². The Balaban J connectivity index is 3.08. The first-order chi connectivity index (χ1) is 9.95. The largest absolute Gasteiger partial charge is 0.444 e. The summed E-state index contributed by atoms with van der Waals surface area (Å²) in [7, 11) is 0. The monoisotopic (exact) mass is 317 g/mol. The number of alkyl carbamates (subject to hydrolysis) is 1. The molecule has 1 N–H and O–H groups in total. The number of amides is 1. The third-order valence-corrected chi connectivity index (χ3v) is 2.47. The van der Waals surface area contributed by atoms with Crippen LogP contribution in [-0.4, -0.2) is 11.7 Å². The van der Waals surface area contributed by atoms with Crippen LogP contribution in [0.5, 0.6) is 0 Å². The van der Waals surface area contributed by atoms with Crippen LogP contribution in [0, 0.1) is 18.2 Å². The molecule has 0 bridgehead atoms. The lowest BCUT2D eigenvalue weighted by Gasteiger charge is -2.22. The molecule has 1 aromatic rings. The topological polar surface area (TPSA) is 38.3 Å². The zero-order chi connectivity index (χ0) is 17.1. The second-order valence-electron chi connectivity index (χ2n) is 5.45. The van der Waals surface area contributed by atoms with Gasteiger partial charge in [0.05, 0.1) is 5.56 Å². The number of halogens is 4. The van der Waals surface area contributed by atoms with Crippen molar-refractivity contribution in [2.45, 2.75) is 38.6 Å². The average Bonchev–Trinajstić information content (AvgIpc) is 2.33. The molecule has 0 aliphatic carbocycles. The van der Waals surface area contributed by atoms with Crippen molar-refractivity contribution < 1.29 is 27.1 Å². The normalized spacial score (nSPS) is 13.2. The molecule has 0 radical (unpaired) electrons. The highest BCUT2D eigenvalue weighted by Crippen LogP contribution is 2.33. The number of alkyl halides is 3. The predicted octanol–water partition coefficient (Wildman–Crippen LogP) is 4.04. The third kappa shape index (κ3) is 4.65. The Morgan fingerprint density at radius 3 is 2.36 bits per heavy atom. The molecule has 7 heteroatoms. The smallest absolute Gasteiger partial charge is 0.419 e. The third-order valence-electron chi connectivity index (χ3n) is 2.47. The Labute approximate surface area is 125 Å². The summed E-state index contributed by atoms with van der Waals surface area (Å²) in [5.74, 6) is 0.516.